The third-order valence-corrected chi connectivity index (χ3v) is 3.07. The number of carbonyl (C=O) groups is 1. The first-order chi connectivity index (χ1) is 8.63. The second-order valence-corrected chi connectivity index (χ2v) is 4.40. The average molecular weight is 259 g/mol. The topological polar surface area (TPSA) is 45.8 Å². The molecule has 0 bridgehead atoms. The lowest BCUT2D eigenvalue weighted by molar-refractivity contribution is 0.0934. The lowest BCUT2D eigenvalue weighted by atomic mass is 10.1. The number of hydrogen-bond donors (Lipinski definition) is 0. The molecule has 0 saturated heterocycles. The number of nitrogens with zero attached hydrogens (tertiary/aromatic N) is 2. The van der Waals surface area contributed by atoms with Gasteiger partial charge in [0.05, 0.1) is 6.04 Å². The molecule has 0 aliphatic carbocycles. The molecular weight excluding hydrogens is 248 g/mol. The van der Waals surface area contributed by atoms with Gasteiger partial charge in [0, 0.05) is 16.8 Å². The second-order valence-electron chi connectivity index (χ2n) is 3.96. The first kappa shape index (κ1) is 12.4. The molecule has 2 rings (SSSR count). The summed E-state index contributed by atoms with van der Waals surface area (Å²) in [6.45, 7) is 1.78. The van der Waals surface area contributed by atoms with Crippen LogP contribution in [0.1, 0.15) is 29.0 Å². The molecule has 0 aliphatic heterocycles. The van der Waals surface area contributed by atoms with Crippen LogP contribution < -0.4 is 0 Å². The number of ketones is 1. The van der Waals surface area contributed by atoms with E-state index in [9.17, 15) is 4.79 Å². The molecular formula is C14H11ClN2O. The summed E-state index contributed by atoms with van der Waals surface area (Å²) in [5, 5.41) is 9.54. The van der Waals surface area contributed by atoms with Crippen LogP contribution in [0.15, 0.2) is 42.6 Å². The summed E-state index contributed by atoms with van der Waals surface area (Å²) in [5.41, 5.74) is 1.06. The van der Waals surface area contributed by atoms with E-state index in [1.807, 2.05) is 0 Å². The molecule has 4 heteroatoms. The van der Waals surface area contributed by atoms with Crippen LogP contribution in [0.3, 0.4) is 0 Å². The average Bonchev–Trinajstić information content (AvgIpc) is 2.86. The van der Waals surface area contributed by atoms with Crippen LogP contribution in [0.5, 0.6) is 0 Å². The molecule has 1 aromatic heterocycles. The molecule has 90 valence electrons. The van der Waals surface area contributed by atoms with E-state index in [-0.39, 0.29) is 5.78 Å². The van der Waals surface area contributed by atoms with E-state index in [4.69, 9.17) is 16.9 Å². The minimum atomic E-state index is -0.407. The normalized spacial score (nSPS) is 11.8. The molecule has 0 N–H and O–H groups in total. The number of nitriles is 1. The zero-order valence-electron chi connectivity index (χ0n) is 9.80. The molecule has 2 aromatic rings. The third kappa shape index (κ3) is 2.29. The molecule has 0 spiro atoms. The first-order valence-electron chi connectivity index (χ1n) is 5.50. The third-order valence-electron chi connectivity index (χ3n) is 2.82. The van der Waals surface area contributed by atoms with Crippen molar-refractivity contribution < 1.29 is 4.79 Å². The van der Waals surface area contributed by atoms with Gasteiger partial charge in [-0.3, -0.25) is 4.79 Å². The fraction of sp³-hybridized carbons (Fsp3) is 0.143. The summed E-state index contributed by atoms with van der Waals surface area (Å²) >= 11 is 5.78. The van der Waals surface area contributed by atoms with Crippen LogP contribution in [-0.4, -0.2) is 10.4 Å². The maximum Gasteiger partial charge on any atom is 0.185 e. The maximum absolute atomic E-state index is 12.2. The SMILES string of the molecule is CC(C(=O)c1ccc(Cl)cc1)n1cccc1C#N. The summed E-state index contributed by atoms with van der Waals surface area (Å²) in [6.07, 6.45) is 1.73. The van der Waals surface area contributed by atoms with Gasteiger partial charge in [-0.2, -0.15) is 5.26 Å². The number of halogens is 1. The highest BCUT2D eigenvalue weighted by Gasteiger charge is 2.18. The number of benzene rings is 1. The molecule has 0 aliphatic rings. The predicted octanol–water partition coefficient (Wildman–Crippen LogP) is 3.46. The van der Waals surface area contributed by atoms with Gasteiger partial charge in [0.1, 0.15) is 11.8 Å². The Hall–Kier alpha value is -2.05. The molecule has 0 saturated carbocycles. The quantitative estimate of drug-likeness (QED) is 0.792. The lowest BCUT2D eigenvalue weighted by Crippen LogP contribution is -2.17. The number of rotatable bonds is 3. The van der Waals surface area contributed by atoms with E-state index in [2.05, 4.69) is 6.07 Å². The minimum absolute atomic E-state index is 0.0423. The van der Waals surface area contributed by atoms with Gasteiger partial charge in [-0.25, -0.2) is 0 Å². The number of aromatic nitrogens is 1. The van der Waals surface area contributed by atoms with Crippen LogP contribution in [0, 0.1) is 11.3 Å². The van der Waals surface area contributed by atoms with Crippen molar-refractivity contribution in [2.24, 2.45) is 0 Å². The summed E-state index contributed by atoms with van der Waals surface area (Å²) in [4.78, 5) is 12.2. The van der Waals surface area contributed by atoms with Crippen molar-refractivity contribution in [2.45, 2.75) is 13.0 Å². The molecule has 3 nitrogen and oxygen atoms in total. The van der Waals surface area contributed by atoms with Crippen LogP contribution >= 0.6 is 11.6 Å². The van der Waals surface area contributed by atoms with Gasteiger partial charge >= 0.3 is 0 Å². The van der Waals surface area contributed by atoms with Crippen molar-refractivity contribution >= 4 is 17.4 Å². The van der Waals surface area contributed by atoms with Crippen molar-refractivity contribution in [3.8, 4) is 6.07 Å². The molecule has 18 heavy (non-hydrogen) atoms. The van der Waals surface area contributed by atoms with Gasteiger partial charge in [-0.05, 0) is 43.3 Å². The standard InChI is InChI=1S/C14H11ClN2O/c1-10(17-8-2-3-13(17)9-16)14(18)11-4-6-12(15)7-5-11/h2-8,10H,1H3. The van der Waals surface area contributed by atoms with E-state index >= 15 is 0 Å². The Morgan fingerprint density at radius 2 is 2.00 bits per heavy atom. The van der Waals surface area contributed by atoms with E-state index in [1.165, 1.54) is 0 Å². The zero-order valence-corrected chi connectivity index (χ0v) is 10.6. The van der Waals surface area contributed by atoms with Crippen LogP contribution in [0.4, 0.5) is 0 Å². The van der Waals surface area contributed by atoms with E-state index in [0.717, 1.165) is 0 Å². The highest BCUT2D eigenvalue weighted by molar-refractivity contribution is 6.30. The summed E-state index contributed by atoms with van der Waals surface area (Å²) < 4.78 is 1.66. The second kappa shape index (κ2) is 5.07. The Kier molecular flexibility index (Phi) is 3.50. The Labute approximate surface area is 110 Å². The smallest absolute Gasteiger partial charge is 0.185 e. The van der Waals surface area contributed by atoms with Gasteiger partial charge in [0.15, 0.2) is 5.78 Å². The van der Waals surface area contributed by atoms with Gasteiger partial charge in [-0.15, -0.1) is 0 Å². The lowest BCUT2D eigenvalue weighted by Gasteiger charge is -2.13. The van der Waals surface area contributed by atoms with Crippen LogP contribution in [0.2, 0.25) is 5.02 Å². The molecule has 0 fully saturated rings. The fourth-order valence-electron chi connectivity index (χ4n) is 1.81. The predicted molar refractivity (Wildman–Crippen MR) is 69.6 cm³/mol. The van der Waals surface area contributed by atoms with Gasteiger partial charge < -0.3 is 4.57 Å². The Morgan fingerprint density at radius 3 is 2.61 bits per heavy atom. The maximum atomic E-state index is 12.2. The number of Topliss-reactive ketones (excluding diaryl/α,β-unsaturated/α-hetero) is 1. The van der Waals surface area contributed by atoms with E-state index in [1.54, 1.807) is 54.1 Å². The van der Waals surface area contributed by atoms with Crippen molar-refractivity contribution in [2.75, 3.05) is 0 Å². The first-order valence-corrected chi connectivity index (χ1v) is 5.88. The van der Waals surface area contributed by atoms with Crippen LogP contribution in [0.25, 0.3) is 0 Å². The number of hydrogen-bond acceptors (Lipinski definition) is 2. The Morgan fingerprint density at radius 1 is 1.33 bits per heavy atom. The van der Waals surface area contributed by atoms with Crippen LogP contribution in [-0.2, 0) is 0 Å². The molecule has 1 unspecified atom stereocenters. The fourth-order valence-corrected chi connectivity index (χ4v) is 1.93. The largest absolute Gasteiger partial charge is 0.329 e. The Bertz CT molecular complexity index is 607. The van der Waals surface area contributed by atoms with E-state index < -0.39 is 6.04 Å². The van der Waals surface area contributed by atoms with Gasteiger partial charge in [0.25, 0.3) is 0 Å². The summed E-state index contributed by atoms with van der Waals surface area (Å²) in [5.74, 6) is -0.0423. The monoisotopic (exact) mass is 258 g/mol. The minimum Gasteiger partial charge on any atom is -0.329 e. The van der Waals surface area contributed by atoms with Gasteiger partial charge in [0.2, 0.25) is 0 Å². The summed E-state index contributed by atoms with van der Waals surface area (Å²) in [7, 11) is 0. The number of carbonyl (C=O) groups excluding carboxylic acids is 1. The highest BCUT2D eigenvalue weighted by atomic mass is 35.5. The zero-order chi connectivity index (χ0) is 13.1. The van der Waals surface area contributed by atoms with Crippen molar-refractivity contribution in [1.29, 1.82) is 5.26 Å². The Balaban J connectivity index is 2.30. The molecule has 1 aromatic carbocycles. The van der Waals surface area contributed by atoms with Crippen molar-refractivity contribution in [3.05, 3.63) is 58.9 Å². The molecule has 0 amide bonds. The molecule has 0 radical (unpaired) electrons. The van der Waals surface area contributed by atoms with Crippen molar-refractivity contribution in [3.63, 3.8) is 0 Å². The molecule has 1 heterocycles. The van der Waals surface area contributed by atoms with Gasteiger partial charge in [-0.1, -0.05) is 11.6 Å². The molecule has 1 atom stereocenters. The summed E-state index contributed by atoms with van der Waals surface area (Å²) in [6, 6.07) is 11.8. The highest BCUT2D eigenvalue weighted by Crippen LogP contribution is 2.18. The van der Waals surface area contributed by atoms with E-state index in [0.29, 0.717) is 16.3 Å². The van der Waals surface area contributed by atoms with Crippen molar-refractivity contribution in [1.82, 2.24) is 4.57 Å².